The lowest BCUT2D eigenvalue weighted by atomic mass is 9.87. The van der Waals surface area contributed by atoms with Crippen LogP contribution in [0.2, 0.25) is 0 Å². The van der Waals surface area contributed by atoms with Crippen LogP contribution in [-0.2, 0) is 14.9 Å². The fourth-order valence-corrected chi connectivity index (χ4v) is 1.78. The third kappa shape index (κ3) is 4.27. The van der Waals surface area contributed by atoms with Crippen LogP contribution in [-0.4, -0.2) is 18.1 Å². The Kier molecular flexibility index (Phi) is 4.61. The number of hydrogen-bond acceptors (Lipinski definition) is 3. The van der Waals surface area contributed by atoms with E-state index in [0.29, 0.717) is 6.61 Å². The van der Waals surface area contributed by atoms with Gasteiger partial charge in [0.2, 0.25) is 0 Å². The number of carbonyl (C=O) groups is 1. The normalized spacial score (nSPS) is 12.1. The molecule has 0 unspecified atom stereocenters. The number of anilines is 1. The van der Waals surface area contributed by atoms with Crippen molar-refractivity contribution in [3.63, 3.8) is 0 Å². The van der Waals surface area contributed by atoms with Gasteiger partial charge in [0.1, 0.15) is 5.54 Å². The van der Waals surface area contributed by atoms with Crippen molar-refractivity contribution in [2.45, 2.75) is 52.5 Å². The molecule has 0 spiro atoms. The number of esters is 1. The summed E-state index contributed by atoms with van der Waals surface area (Å²) in [6.07, 6.45) is 0. The van der Waals surface area contributed by atoms with Crippen LogP contribution in [0.3, 0.4) is 0 Å². The Morgan fingerprint density at radius 3 is 2.05 bits per heavy atom. The van der Waals surface area contributed by atoms with Crippen LogP contribution in [0, 0.1) is 0 Å². The van der Waals surface area contributed by atoms with Gasteiger partial charge in [-0.3, -0.25) is 0 Å². The SMILES string of the molecule is CCOC(=O)C(C)(C)Nc1ccc(C(C)(C)C)cc1. The summed E-state index contributed by atoms with van der Waals surface area (Å²) in [7, 11) is 0. The Hall–Kier alpha value is -1.51. The molecule has 19 heavy (non-hydrogen) atoms. The van der Waals surface area contributed by atoms with Crippen molar-refractivity contribution in [1.29, 1.82) is 0 Å². The highest BCUT2D eigenvalue weighted by Crippen LogP contribution is 2.24. The minimum absolute atomic E-state index is 0.134. The van der Waals surface area contributed by atoms with E-state index in [1.54, 1.807) is 0 Å². The molecule has 0 aliphatic carbocycles. The molecule has 0 aliphatic rings. The highest BCUT2D eigenvalue weighted by atomic mass is 16.5. The zero-order valence-corrected chi connectivity index (χ0v) is 12.8. The molecule has 0 saturated carbocycles. The van der Waals surface area contributed by atoms with Crippen LogP contribution in [0.4, 0.5) is 5.69 Å². The van der Waals surface area contributed by atoms with Gasteiger partial charge in [-0.05, 0) is 43.9 Å². The Morgan fingerprint density at radius 2 is 1.63 bits per heavy atom. The standard InChI is InChI=1S/C16H25NO2/c1-7-19-14(18)16(5,6)17-13-10-8-12(9-11-13)15(2,3)4/h8-11,17H,7H2,1-6H3. The second-order valence-corrected chi connectivity index (χ2v) is 6.30. The molecule has 1 N–H and O–H groups in total. The Labute approximate surface area is 116 Å². The number of carbonyl (C=O) groups excluding carboxylic acids is 1. The van der Waals surface area contributed by atoms with Crippen LogP contribution < -0.4 is 5.32 Å². The number of benzene rings is 1. The second-order valence-electron chi connectivity index (χ2n) is 6.30. The summed E-state index contributed by atoms with van der Waals surface area (Å²) in [5, 5.41) is 3.21. The molecule has 1 rings (SSSR count). The van der Waals surface area contributed by atoms with Crippen LogP contribution >= 0.6 is 0 Å². The van der Waals surface area contributed by atoms with Crippen LogP contribution in [0.1, 0.15) is 47.1 Å². The molecule has 3 heteroatoms. The molecule has 0 aromatic heterocycles. The fraction of sp³-hybridized carbons (Fsp3) is 0.562. The average molecular weight is 263 g/mol. The lowest BCUT2D eigenvalue weighted by molar-refractivity contribution is -0.147. The molecule has 3 nitrogen and oxygen atoms in total. The zero-order valence-electron chi connectivity index (χ0n) is 12.8. The molecule has 0 heterocycles. The monoisotopic (exact) mass is 263 g/mol. The Morgan fingerprint density at radius 1 is 1.11 bits per heavy atom. The van der Waals surface area contributed by atoms with Gasteiger partial charge >= 0.3 is 5.97 Å². The van der Waals surface area contributed by atoms with Gasteiger partial charge in [-0.2, -0.15) is 0 Å². The van der Waals surface area contributed by atoms with Crippen molar-refractivity contribution in [1.82, 2.24) is 0 Å². The lowest BCUT2D eigenvalue weighted by Gasteiger charge is -2.26. The minimum atomic E-state index is -0.723. The smallest absolute Gasteiger partial charge is 0.331 e. The first kappa shape index (κ1) is 15.5. The summed E-state index contributed by atoms with van der Waals surface area (Å²) in [6.45, 7) is 12.4. The lowest BCUT2D eigenvalue weighted by Crippen LogP contribution is -2.41. The van der Waals surface area contributed by atoms with Crippen molar-refractivity contribution in [3.05, 3.63) is 29.8 Å². The van der Waals surface area contributed by atoms with E-state index in [4.69, 9.17) is 4.74 Å². The van der Waals surface area contributed by atoms with E-state index in [1.165, 1.54) is 5.56 Å². The van der Waals surface area contributed by atoms with Gasteiger partial charge in [-0.15, -0.1) is 0 Å². The third-order valence-electron chi connectivity index (χ3n) is 2.99. The van der Waals surface area contributed by atoms with Gasteiger partial charge in [0.05, 0.1) is 6.61 Å². The highest BCUT2D eigenvalue weighted by Gasteiger charge is 2.28. The van der Waals surface area contributed by atoms with Gasteiger partial charge in [-0.1, -0.05) is 32.9 Å². The summed E-state index contributed by atoms with van der Waals surface area (Å²) in [5.74, 6) is -0.241. The molecular formula is C16H25NO2. The van der Waals surface area contributed by atoms with E-state index in [9.17, 15) is 4.79 Å². The summed E-state index contributed by atoms with van der Waals surface area (Å²) in [6, 6.07) is 8.18. The van der Waals surface area contributed by atoms with Gasteiger partial charge in [-0.25, -0.2) is 4.79 Å². The Bertz CT molecular complexity index is 427. The maximum absolute atomic E-state index is 11.8. The van der Waals surface area contributed by atoms with E-state index >= 15 is 0 Å². The first-order valence-corrected chi connectivity index (χ1v) is 6.73. The predicted molar refractivity (Wildman–Crippen MR) is 79.5 cm³/mol. The number of ether oxygens (including phenoxy) is 1. The molecule has 0 radical (unpaired) electrons. The maximum Gasteiger partial charge on any atom is 0.331 e. The van der Waals surface area contributed by atoms with Crippen molar-refractivity contribution in [3.8, 4) is 0 Å². The Balaban J connectivity index is 2.80. The van der Waals surface area contributed by atoms with E-state index in [-0.39, 0.29) is 11.4 Å². The van der Waals surface area contributed by atoms with Crippen molar-refractivity contribution < 1.29 is 9.53 Å². The number of rotatable bonds is 4. The van der Waals surface area contributed by atoms with Gasteiger partial charge in [0, 0.05) is 5.69 Å². The fourth-order valence-electron chi connectivity index (χ4n) is 1.78. The highest BCUT2D eigenvalue weighted by molar-refractivity contribution is 5.83. The second kappa shape index (κ2) is 5.64. The average Bonchev–Trinajstić information content (AvgIpc) is 2.28. The first-order chi connectivity index (χ1) is 8.66. The predicted octanol–water partition coefficient (Wildman–Crippen LogP) is 3.74. The molecule has 0 saturated heterocycles. The first-order valence-electron chi connectivity index (χ1n) is 6.73. The molecule has 1 aromatic carbocycles. The molecule has 0 bridgehead atoms. The van der Waals surface area contributed by atoms with Gasteiger partial charge < -0.3 is 10.1 Å². The summed E-state index contributed by atoms with van der Waals surface area (Å²) < 4.78 is 5.06. The van der Waals surface area contributed by atoms with Crippen molar-refractivity contribution in [2.24, 2.45) is 0 Å². The third-order valence-corrected chi connectivity index (χ3v) is 2.99. The molecule has 0 atom stereocenters. The van der Waals surface area contributed by atoms with Gasteiger partial charge in [0.15, 0.2) is 0 Å². The van der Waals surface area contributed by atoms with Crippen LogP contribution in [0.15, 0.2) is 24.3 Å². The molecule has 0 fully saturated rings. The van der Waals surface area contributed by atoms with Gasteiger partial charge in [0.25, 0.3) is 0 Å². The topological polar surface area (TPSA) is 38.3 Å². The molecular weight excluding hydrogens is 238 g/mol. The van der Waals surface area contributed by atoms with Crippen molar-refractivity contribution >= 4 is 11.7 Å². The van der Waals surface area contributed by atoms with E-state index in [2.05, 4.69) is 38.2 Å². The minimum Gasteiger partial charge on any atom is -0.464 e. The summed E-state index contributed by atoms with van der Waals surface area (Å²) in [5.41, 5.74) is 1.60. The molecule has 0 aliphatic heterocycles. The summed E-state index contributed by atoms with van der Waals surface area (Å²) in [4.78, 5) is 11.8. The molecule has 106 valence electrons. The molecule has 0 amide bonds. The molecule has 1 aromatic rings. The van der Waals surface area contributed by atoms with E-state index in [1.807, 2.05) is 32.9 Å². The number of hydrogen-bond donors (Lipinski definition) is 1. The van der Waals surface area contributed by atoms with Crippen LogP contribution in [0.5, 0.6) is 0 Å². The largest absolute Gasteiger partial charge is 0.464 e. The van der Waals surface area contributed by atoms with E-state index < -0.39 is 5.54 Å². The van der Waals surface area contributed by atoms with Crippen LogP contribution in [0.25, 0.3) is 0 Å². The maximum atomic E-state index is 11.8. The zero-order chi connectivity index (χ0) is 14.7. The number of nitrogens with one attached hydrogen (secondary N) is 1. The quantitative estimate of drug-likeness (QED) is 0.841. The van der Waals surface area contributed by atoms with E-state index in [0.717, 1.165) is 5.69 Å². The van der Waals surface area contributed by atoms with Crippen molar-refractivity contribution in [2.75, 3.05) is 11.9 Å². The summed E-state index contributed by atoms with van der Waals surface area (Å²) >= 11 is 0.